The van der Waals surface area contributed by atoms with Crippen LogP contribution in [-0.2, 0) is 4.74 Å². The zero-order chi connectivity index (χ0) is 13.7. The van der Waals surface area contributed by atoms with Gasteiger partial charge in [-0.15, -0.1) is 0 Å². The smallest absolute Gasteiger partial charge is 0.0838 e. The number of aliphatic imine (C=N–C) groups is 1. The Labute approximate surface area is 115 Å². The van der Waals surface area contributed by atoms with Gasteiger partial charge >= 0.3 is 0 Å². The molecule has 0 spiro atoms. The number of ether oxygens (including phenoxy) is 1. The maximum absolute atomic E-state index is 5.43. The van der Waals surface area contributed by atoms with Crippen LogP contribution in [0.4, 0.5) is 0 Å². The number of allylic oxidation sites excluding steroid dienone is 3. The molecule has 4 heteroatoms. The summed E-state index contributed by atoms with van der Waals surface area (Å²) in [6, 6.07) is 0.188. The Bertz CT molecular complexity index is 417. The van der Waals surface area contributed by atoms with E-state index in [4.69, 9.17) is 4.74 Å². The lowest BCUT2D eigenvalue weighted by molar-refractivity contribution is 0.0310. The van der Waals surface area contributed by atoms with Crippen LogP contribution in [0.2, 0.25) is 0 Å². The molecule has 0 aromatic carbocycles. The second-order valence-corrected chi connectivity index (χ2v) is 4.92. The molecular formula is C15H23N3O. The standard InChI is InChI=1S/C15H23N3O/c1-12-5-4-6-14(18-7-9-19-10-8-18)15(17-3)13(11-12)16-2/h4,6,11,14,16H,3,5,7-10H2,1-2H3/b6-4-,12-11+,15-13-. The van der Waals surface area contributed by atoms with Crippen LogP contribution < -0.4 is 5.32 Å². The molecule has 1 saturated heterocycles. The number of likely N-dealkylation sites (N-methyl/N-ethyl adjacent to an activating group) is 1. The van der Waals surface area contributed by atoms with Crippen molar-refractivity contribution in [2.45, 2.75) is 19.4 Å². The lowest BCUT2D eigenvalue weighted by Crippen LogP contribution is -2.44. The number of morpholine rings is 1. The van der Waals surface area contributed by atoms with Gasteiger partial charge in [-0.05, 0) is 26.1 Å². The molecule has 0 aromatic heterocycles. The highest BCUT2D eigenvalue weighted by molar-refractivity contribution is 5.40. The van der Waals surface area contributed by atoms with E-state index in [2.05, 4.69) is 47.1 Å². The molecule has 2 aliphatic rings. The molecule has 104 valence electrons. The summed E-state index contributed by atoms with van der Waals surface area (Å²) in [5.74, 6) is 0. The van der Waals surface area contributed by atoms with Crippen molar-refractivity contribution in [2.75, 3.05) is 33.4 Å². The molecule has 1 fully saturated rings. The molecule has 0 bridgehead atoms. The molecule has 19 heavy (non-hydrogen) atoms. The SMILES string of the molecule is C=N/C1=C(NC)/C=C(\C)C/C=C\C1N1CCOCC1. The van der Waals surface area contributed by atoms with Crippen molar-refractivity contribution in [3.8, 4) is 0 Å². The molecule has 1 aliphatic carbocycles. The largest absolute Gasteiger partial charge is 0.387 e. The Kier molecular flexibility index (Phi) is 4.93. The second-order valence-electron chi connectivity index (χ2n) is 4.92. The van der Waals surface area contributed by atoms with Gasteiger partial charge in [0.2, 0.25) is 0 Å². The van der Waals surface area contributed by atoms with E-state index in [9.17, 15) is 0 Å². The monoisotopic (exact) mass is 261 g/mol. The Balaban J connectivity index is 2.35. The first-order valence-electron chi connectivity index (χ1n) is 6.80. The molecule has 1 heterocycles. The fourth-order valence-electron chi connectivity index (χ4n) is 2.54. The number of nitrogens with one attached hydrogen (secondary N) is 1. The Hall–Kier alpha value is -1.39. The van der Waals surface area contributed by atoms with Crippen molar-refractivity contribution < 1.29 is 4.74 Å². The van der Waals surface area contributed by atoms with Gasteiger partial charge in [-0.2, -0.15) is 0 Å². The first kappa shape index (κ1) is 14.0. The summed E-state index contributed by atoms with van der Waals surface area (Å²) in [7, 11) is 1.94. The van der Waals surface area contributed by atoms with Crippen LogP contribution in [0.15, 0.2) is 40.2 Å². The van der Waals surface area contributed by atoms with E-state index >= 15 is 0 Å². The molecule has 1 aliphatic heterocycles. The average molecular weight is 261 g/mol. The van der Waals surface area contributed by atoms with Gasteiger partial charge in [-0.1, -0.05) is 17.7 Å². The summed E-state index contributed by atoms with van der Waals surface area (Å²) >= 11 is 0. The third-order valence-corrected chi connectivity index (χ3v) is 3.58. The molecule has 1 atom stereocenters. The van der Waals surface area contributed by atoms with Gasteiger partial charge in [0.05, 0.1) is 30.6 Å². The number of nitrogens with zero attached hydrogens (tertiary/aromatic N) is 2. The second kappa shape index (κ2) is 6.68. The van der Waals surface area contributed by atoms with E-state index in [0.717, 1.165) is 44.1 Å². The summed E-state index contributed by atoms with van der Waals surface area (Å²) in [6.45, 7) is 9.35. The van der Waals surface area contributed by atoms with E-state index in [-0.39, 0.29) is 6.04 Å². The molecule has 0 radical (unpaired) electrons. The number of hydrogen-bond acceptors (Lipinski definition) is 4. The van der Waals surface area contributed by atoms with Crippen LogP contribution in [0.5, 0.6) is 0 Å². The first-order chi connectivity index (χ1) is 9.26. The lowest BCUT2D eigenvalue weighted by atomic mass is 10.0. The quantitative estimate of drug-likeness (QED) is 0.621. The van der Waals surface area contributed by atoms with Crippen LogP contribution in [0.1, 0.15) is 13.3 Å². The van der Waals surface area contributed by atoms with Gasteiger partial charge in [-0.3, -0.25) is 9.89 Å². The van der Waals surface area contributed by atoms with Gasteiger partial charge in [0.15, 0.2) is 0 Å². The summed E-state index contributed by atoms with van der Waals surface area (Å²) in [5, 5.41) is 3.25. The highest BCUT2D eigenvalue weighted by Crippen LogP contribution is 2.22. The van der Waals surface area contributed by atoms with Crippen molar-refractivity contribution in [1.29, 1.82) is 0 Å². The Morgan fingerprint density at radius 3 is 2.79 bits per heavy atom. The van der Waals surface area contributed by atoms with Gasteiger partial charge in [0.1, 0.15) is 0 Å². The average Bonchev–Trinajstić information content (AvgIpc) is 2.43. The van der Waals surface area contributed by atoms with E-state index in [1.165, 1.54) is 5.57 Å². The molecule has 0 saturated carbocycles. The highest BCUT2D eigenvalue weighted by Gasteiger charge is 2.24. The molecule has 4 nitrogen and oxygen atoms in total. The predicted molar refractivity (Wildman–Crippen MR) is 79.3 cm³/mol. The van der Waals surface area contributed by atoms with Crippen molar-refractivity contribution in [2.24, 2.45) is 4.99 Å². The molecule has 0 aromatic rings. The van der Waals surface area contributed by atoms with E-state index in [1.54, 1.807) is 0 Å². The molecule has 2 rings (SSSR count). The van der Waals surface area contributed by atoms with Gasteiger partial charge in [0.25, 0.3) is 0 Å². The number of rotatable bonds is 3. The van der Waals surface area contributed by atoms with Crippen LogP contribution in [-0.4, -0.2) is 51.0 Å². The minimum atomic E-state index is 0.188. The minimum Gasteiger partial charge on any atom is -0.387 e. The Morgan fingerprint density at radius 1 is 1.42 bits per heavy atom. The molecule has 0 amide bonds. The molecular weight excluding hydrogens is 238 g/mol. The first-order valence-corrected chi connectivity index (χ1v) is 6.80. The van der Waals surface area contributed by atoms with Gasteiger partial charge in [-0.25, -0.2) is 0 Å². The third kappa shape index (κ3) is 3.33. The highest BCUT2D eigenvalue weighted by atomic mass is 16.5. The fourth-order valence-corrected chi connectivity index (χ4v) is 2.54. The fraction of sp³-hybridized carbons (Fsp3) is 0.533. The van der Waals surface area contributed by atoms with E-state index in [1.807, 2.05) is 7.05 Å². The maximum atomic E-state index is 5.43. The summed E-state index contributed by atoms with van der Waals surface area (Å²) in [4.78, 5) is 6.68. The van der Waals surface area contributed by atoms with E-state index in [0.29, 0.717) is 0 Å². The van der Waals surface area contributed by atoms with Crippen LogP contribution in [0.3, 0.4) is 0 Å². The van der Waals surface area contributed by atoms with E-state index < -0.39 is 0 Å². The number of hydrogen-bond donors (Lipinski definition) is 1. The van der Waals surface area contributed by atoms with Crippen molar-refractivity contribution in [1.82, 2.24) is 10.2 Å². The predicted octanol–water partition coefficient (Wildman–Crippen LogP) is 1.72. The van der Waals surface area contributed by atoms with Crippen molar-refractivity contribution in [3.63, 3.8) is 0 Å². The third-order valence-electron chi connectivity index (χ3n) is 3.58. The molecule has 1 unspecified atom stereocenters. The van der Waals surface area contributed by atoms with Gasteiger partial charge in [0, 0.05) is 20.1 Å². The zero-order valence-corrected chi connectivity index (χ0v) is 11.9. The van der Waals surface area contributed by atoms with Gasteiger partial charge < -0.3 is 10.1 Å². The normalized spacial score (nSPS) is 33.8. The zero-order valence-electron chi connectivity index (χ0n) is 11.9. The molecule has 1 N–H and O–H groups in total. The topological polar surface area (TPSA) is 36.9 Å². The summed E-state index contributed by atoms with van der Waals surface area (Å²) in [6.07, 6.45) is 7.62. The lowest BCUT2D eigenvalue weighted by Gasteiger charge is -2.34. The van der Waals surface area contributed by atoms with Crippen LogP contribution >= 0.6 is 0 Å². The Morgan fingerprint density at radius 2 is 2.16 bits per heavy atom. The van der Waals surface area contributed by atoms with Crippen LogP contribution in [0.25, 0.3) is 0 Å². The summed E-state index contributed by atoms with van der Waals surface area (Å²) in [5.41, 5.74) is 3.38. The minimum absolute atomic E-state index is 0.188. The summed E-state index contributed by atoms with van der Waals surface area (Å²) < 4.78 is 5.43. The van der Waals surface area contributed by atoms with Crippen LogP contribution in [0, 0.1) is 0 Å². The van der Waals surface area contributed by atoms with Crippen molar-refractivity contribution >= 4 is 6.72 Å². The maximum Gasteiger partial charge on any atom is 0.0838 e. The van der Waals surface area contributed by atoms with Crippen molar-refractivity contribution in [3.05, 3.63) is 35.2 Å².